The van der Waals surface area contributed by atoms with E-state index in [0.717, 1.165) is 10.7 Å². The van der Waals surface area contributed by atoms with Crippen LogP contribution in [0.5, 0.6) is 0 Å². The van der Waals surface area contributed by atoms with Crippen molar-refractivity contribution in [2.75, 3.05) is 6.54 Å². The van der Waals surface area contributed by atoms with Crippen LogP contribution in [0.25, 0.3) is 5.69 Å². The van der Waals surface area contributed by atoms with Crippen LogP contribution in [0.3, 0.4) is 0 Å². The Morgan fingerprint density at radius 3 is 2.58 bits per heavy atom. The van der Waals surface area contributed by atoms with Crippen LogP contribution >= 0.6 is 0 Å². The third-order valence-corrected chi connectivity index (χ3v) is 4.20. The SMILES string of the molecule is Cc1cc(=O)c(C(=O)N(Cc2ccco2)CC(F)(F)F)nn1-c1ccccc1[N+](=O)[O-]. The van der Waals surface area contributed by atoms with Crippen molar-refractivity contribution in [1.29, 1.82) is 0 Å². The van der Waals surface area contributed by atoms with Gasteiger partial charge in [0.2, 0.25) is 5.43 Å². The largest absolute Gasteiger partial charge is 0.467 e. The Balaban J connectivity index is 2.08. The molecule has 0 spiro atoms. The van der Waals surface area contributed by atoms with Gasteiger partial charge in [0, 0.05) is 17.8 Å². The number of carbonyl (C=O) groups is 1. The predicted octanol–water partition coefficient (Wildman–Crippen LogP) is 3.25. The lowest BCUT2D eigenvalue weighted by atomic mass is 10.2. The Morgan fingerprint density at radius 1 is 1.26 bits per heavy atom. The number of nitro benzene ring substituents is 1. The van der Waals surface area contributed by atoms with Gasteiger partial charge in [-0.2, -0.15) is 18.3 Å². The molecule has 0 atom stereocenters. The number of rotatable bonds is 6. The molecule has 162 valence electrons. The second-order valence-electron chi connectivity index (χ2n) is 6.51. The zero-order chi connectivity index (χ0) is 22.8. The van der Waals surface area contributed by atoms with E-state index in [1.807, 2.05) is 0 Å². The molecular weight excluding hydrogens is 421 g/mol. The van der Waals surface area contributed by atoms with Crippen molar-refractivity contribution >= 4 is 11.6 Å². The van der Waals surface area contributed by atoms with Gasteiger partial charge < -0.3 is 9.32 Å². The van der Waals surface area contributed by atoms with Crippen LogP contribution < -0.4 is 5.43 Å². The third kappa shape index (κ3) is 4.97. The summed E-state index contributed by atoms with van der Waals surface area (Å²) in [7, 11) is 0. The highest BCUT2D eigenvalue weighted by atomic mass is 19.4. The molecule has 0 aliphatic rings. The molecule has 3 aromatic rings. The summed E-state index contributed by atoms with van der Waals surface area (Å²) in [4.78, 5) is 36.3. The van der Waals surface area contributed by atoms with Gasteiger partial charge in [-0.3, -0.25) is 19.7 Å². The molecule has 0 aliphatic carbocycles. The van der Waals surface area contributed by atoms with E-state index in [-0.39, 0.29) is 22.8 Å². The Bertz CT molecular complexity index is 1170. The van der Waals surface area contributed by atoms with E-state index < -0.39 is 41.2 Å². The van der Waals surface area contributed by atoms with Gasteiger partial charge in [0.05, 0.1) is 17.7 Å². The zero-order valence-electron chi connectivity index (χ0n) is 16.0. The van der Waals surface area contributed by atoms with Gasteiger partial charge in [-0.25, -0.2) is 4.68 Å². The Hall–Kier alpha value is -3.96. The van der Waals surface area contributed by atoms with E-state index in [2.05, 4.69) is 5.10 Å². The monoisotopic (exact) mass is 436 g/mol. The van der Waals surface area contributed by atoms with Crippen LogP contribution in [0.1, 0.15) is 21.9 Å². The second-order valence-corrected chi connectivity index (χ2v) is 6.51. The number of alkyl halides is 3. The summed E-state index contributed by atoms with van der Waals surface area (Å²) in [5.41, 5.74) is -1.97. The van der Waals surface area contributed by atoms with Crippen molar-refractivity contribution in [3.63, 3.8) is 0 Å². The van der Waals surface area contributed by atoms with Crippen LogP contribution in [0.4, 0.5) is 18.9 Å². The van der Waals surface area contributed by atoms with Gasteiger partial charge in [0.15, 0.2) is 5.69 Å². The van der Waals surface area contributed by atoms with Gasteiger partial charge in [-0.1, -0.05) is 12.1 Å². The first-order valence-corrected chi connectivity index (χ1v) is 8.80. The highest BCUT2D eigenvalue weighted by Crippen LogP contribution is 2.23. The Labute approximate surface area is 172 Å². The van der Waals surface area contributed by atoms with E-state index in [0.29, 0.717) is 4.90 Å². The van der Waals surface area contributed by atoms with Gasteiger partial charge in [-0.15, -0.1) is 0 Å². The van der Waals surface area contributed by atoms with E-state index in [9.17, 15) is 32.9 Å². The van der Waals surface area contributed by atoms with E-state index in [4.69, 9.17) is 4.42 Å². The molecular formula is C19H15F3N4O5. The maximum Gasteiger partial charge on any atom is 0.406 e. The Morgan fingerprint density at radius 2 is 1.97 bits per heavy atom. The van der Waals surface area contributed by atoms with Gasteiger partial charge >= 0.3 is 6.18 Å². The quantitative estimate of drug-likeness (QED) is 0.433. The van der Waals surface area contributed by atoms with E-state index in [1.165, 1.54) is 49.6 Å². The summed E-state index contributed by atoms with van der Waals surface area (Å²) < 4.78 is 45.2. The lowest BCUT2D eigenvalue weighted by Gasteiger charge is -2.23. The normalized spacial score (nSPS) is 11.4. The number of nitro groups is 1. The number of halogens is 3. The zero-order valence-corrected chi connectivity index (χ0v) is 16.0. The fraction of sp³-hybridized carbons (Fsp3) is 0.211. The van der Waals surface area contributed by atoms with Crippen LogP contribution in [0.2, 0.25) is 0 Å². The molecule has 0 bridgehead atoms. The topological polar surface area (TPSA) is 111 Å². The first kappa shape index (κ1) is 21.7. The average Bonchev–Trinajstić information content (AvgIpc) is 3.19. The molecule has 0 aliphatic heterocycles. The Kier molecular flexibility index (Phi) is 5.90. The summed E-state index contributed by atoms with van der Waals surface area (Å²) in [5.74, 6) is -1.21. The summed E-state index contributed by atoms with van der Waals surface area (Å²) in [6.45, 7) is -0.769. The van der Waals surface area contributed by atoms with Gasteiger partial charge in [0.25, 0.3) is 11.6 Å². The van der Waals surface area contributed by atoms with Crippen molar-refractivity contribution in [3.05, 3.63) is 86.2 Å². The smallest absolute Gasteiger partial charge is 0.406 e. The molecule has 0 radical (unpaired) electrons. The first-order chi connectivity index (χ1) is 14.6. The minimum Gasteiger partial charge on any atom is -0.467 e. The number of hydrogen-bond donors (Lipinski definition) is 0. The lowest BCUT2D eigenvalue weighted by Crippen LogP contribution is -2.41. The molecule has 0 N–H and O–H groups in total. The molecule has 1 aromatic carbocycles. The van der Waals surface area contributed by atoms with Crippen LogP contribution in [-0.4, -0.2) is 38.2 Å². The predicted molar refractivity (Wildman–Crippen MR) is 101 cm³/mol. The highest BCUT2D eigenvalue weighted by Gasteiger charge is 2.35. The number of carbonyl (C=O) groups excluding carboxylic acids is 1. The molecule has 2 aromatic heterocycles. The minimum atomic E-state index is -4.75. The van der Waals surface area contributed by atoms with E-state index >= 15 is 0 Å². The molecule has 1 amide bonds. The first-order valence-electron chi connectivity index (χ1n) is 8.80. The van der Waals surface area contributed by atoms with Crippen molar-refractivity contribution < 1.29 is 27.3 Å². The number of benzene rings is 1. The minimum absolute atomic E-state index is 0.0487. The van der Waals surface area contributed by atoms with Crippen molar-refractivity contribution in [1.82, 2.24) is 14.7 Å². The number of aryl methyl sites for hydroxylation is 1. The standard InChI is InChI=1S/C19H15F3N4O5/c1-12-9-16(27)17(23-25(12)14-6-2-3-7-15(14)26(29)30)18(28)24(11-19(20,21)22)10-13-5-4-8-31-13/h2-9H,10-11H2,1H3. The maximum atomic E-state index is 13.1. The van der Waals surface area contributed by atoms with E-state index in [1.54, 1.807) is 0 Å². The maximum absolute atomic E-state index is 13.1. The number of amides is 1. The molecule has 9 nitrogen and oxygen atoms in total. The second kappa shape index (κ2) is 8.42. The number of hydrogen-bond acceptors (Lipinski definition) is 6. The van der Waals surface area contributed by atoms with Crippen molar-refractivity contribution in [3.8, 4) is 5.69 Å². The summed E-state index contributed by atoms with van der Waals surface area (Å²) in [6.07, 6.45) is -3.51. The van der Waals surface area contributed by atoms with Gasteiger partial charge in [-0.05, 0) is 25.1 Å². The fourth-order valence-electron chi connectivity index (χ4n) is 2.89. The van der Waals surface area contributed by atoms with Crippen LogP contribution in [-0.2, 0) is 6.54 Å². The summed E-state index contributed by atoms with van der Waals surface area (Å²) in [6, 6.07) is 9.24. The number of aromatic nitrogens is 2. The lowest BCUT2D eigenvalue weighted by molar-refractivity contribution is -0.384. The van der Waals surface area contributed by atoms with Crippen molar-refractivity contribution in [2.24, 2.45) is 0 Å². The molecule has 31 heavy (non-hydrogen) atoms. The van der Waals surface area contributed by atoms with Gasteiger partial charge in [0.1, 0.15) is 18.0 Å². The highest BCUT2D eigenvalue weighted by molar-refractivity contribution is 5.92. The molecule has 3 rings (SSSR count). The summed E-state index contributed by atoms with van der Waals surface area (Å²) >= 11 is 0. The number of para-hydroxylation sites is 2. The molecule has 0 saturated carbocycles. The molecule has 0 saturated heterocycles. The molecule has 0 fully saturated rings. The van der Waals surface area contributed by atoms with Crippen molar-refractivity contribution in [2.45, 2.75) is 19.6 Å². The number of nitrogens with zero attached hydrogens (tertiary/aromatic N) is 4. The molecule has 12 heteroatoms. The van der Waals surface area contributed by atoms with Crippen LogP contribution in [0.15, 0.2) is 57.9 Å². The molecule has 0 unspecified atom stereocenters. The summed E-state index contributed by atoms with van der Waals surface area (Å²) in [5, 5.41) is 15.2. The van der Waals surface area contributed by atoms with Crippen LogP contribution in [0, 0.1) is 17.0 Å². The number of furan rings is 1. The fourth-order valence-corrected chi connectivity index (χ4v) is 2.89. The molecule has 2 heterocycles. The average molecular weight is 436 g/mol. The third-order valence-electron chi connectivity index (χ3n) is 4.20.